The van der Waals surface area contributed by atoms with Crippen molar-refractivity contribution in [2.45, 2.75) is 25.2 Å². The molecule has 5 heteroatoms. The van der Waals surface area contributed by atoms with Gasteiger partial charge in [-0.3, -0.25) is 15.1 Å². The Morgan fingerprint density at radius 3 is 0.860 bits per heavy atom. The summed E-state index contributed by atoms with van der Waals surface area (Å²) in [6.07, 6.45) is 16.7. The van der Waals surface area contributed by atoms with Crippen LogP contribution in [0.1, 0.15) is 13.8 Å². The van der Waals surface area contributed by atoms with Crippen molar-refractivity contribution in [2.24, 2.45) is 0 Å². The van der Waals surface area contributed by atoms with Gasteiger partial charge in [-0.2, -0.15) is 14.3 Å². The minimum absolute atomic E-state index is 0. The third-order valence-electron chi connectivity index (χ3n) is 8.30. The van der Waals surface area contributed by atoms with Gasteiger partial charge in [0.05, 0.1) is 0 Å². The van der Waals surface area contributed by atoms with Crippen LogP contribution in [0.25, 0.3) is 0 Å². The predicted molar refractivity (Wildman–Crippen MR) is 189 cm³/mol. The van der Waals surface area contributed by atoms with Crippen LogP contribution in [0.2, 0.25) is 0 Å². The Morgan fingerprint density at radius 2 is 0.628 bits per heavy atom. The van der Waals surface area contributed by atoms with Crippen LogP contribution in [-0.4, -0.2) is 26.4 Å². The van der Waals surface area contributed by atoms with E-state index >= 15 is 0 Å². The molecule has 2 atom stereocenters. The molecule has 0 nitrogen and oxygen atoms in total. The molecule has 0 spiro atoms. The first-order valence-corrected chi connectivity index (χ1v) is 18.3. The van der Waals surface area contributed by atoms with Crippen molar-refractivity contribution in [1.29, 1.82) is 0 Å². The zero-order valence-electron chi connectivity index (χ0n) is 24.7. The summed E-state index contributed by atoms with van der Waals surface area (Å²) in [5, 5.41) is 4.86. The fourth-order valence-corrected chi connectivity index (χ4v) is 12.3. The zero-order chi connectivity index (χ0) is 29.4. The molecule has 6 rings (SSSR count). The molecule has 0 aliphatic heterocycles. The van der Waals surface area contributed by atoms with Crippen molar-refractivity contribution < 1.29 is 17.1 Å². The van der Waals surface area contributed by atoms with Gasteiger partial charge in [-0.1, -0.05) is 72.8 Å². The Morgan fingerprint density at radius 1 is 0.395 bits per heavy atom. The maximum absolute atomic E-state index is 7.56. The molecule has 4 aromatic rings. The van der Waals surface area contributed by atoms with Crippen LogP contribution in [0.4, 0.5) is 0 Å². The molecule has 16 radical (unpaired) electrons. The fourth-order valence-electron chi connectivity index (χ4n) is 5.86. The number of rotatable bonds is 8. The first-order valence-electron chi connectivity index (χ1n) is 14.5. The van der Waals surface area contributed by atoms with Crippen molar-refractivity contribution in [1.82, 2.24) is 0 Å². The smallest absolute Gasteiger partial charge is 0.291 e. The van der Waals surface area contributed by atoms with Gasteiger partial charge in [0.1, 0.15) is 0 Å². The second-order valence-corrected chi connectivity index (χ2v) is 17.4. The quantitative estimate of drug-likeness (QED) is 0.144. The molecule has 0 bridgehead atoms. The summed E-state index contributed by atoms with van der Waals surface area (Å²) < 4.78 is 0. The minimum atomic E-state index is -2.25. The summed E-state index contributed by atoms with van der Waals surface area (Å²) in [5.41, 5.74) is 0.259. The maximum Gasteiger partial charge on any atom is 2.00 e. The molecule has 0 heterocycles. The van der Waals surface area contributed by atoms with E-state index in [9.17, 15) is 0 Å². The van der Waals surface area contributed by atoms with Gasteiger partial charge in [0.15, 0.2) is 0 Å². The van der Waals surface area contributed by atoms with E-state index in [1.807, 2.05) is 32.1 Å². The third-order valence-corrected chi connectivity index (χ3v) is 15.9. The van der Waals surface area contributed by atoms with Gasteiger partial charge in [0.2, 0.25) is 0 Å². The van der Waals surface area contributed by atoms with Crippen molar-refractivity contribution in [3.05, 3.63) is 185 Å². The van der Waals surface area contributed by atoms with E-state index in [1.165, 1.54) is 33.1 Å². The molecule has 43 heavy (non-hydrogen) atoms. The molecule has 2 saturated carbocycles. The Balaban J connectivity index is 0.000000641. The SMILES string of the molecule is [B-][P+](c1ccccc1)(c1ccccc1)[C@@H](C)[C]1[CH][CH][CH][C]1[C@H](C)[P+]([B-])(c1ccccc1)c1ccccc1.[CH]1[CH][CH][CH][CH]1.[Fe+2]. The predicted octanol–water partition coefficient (Wildman–Crippen LogP) is 7.06. The van der Waals surface area contributed by atoms with E-state index in [0.29, 0.717) is 0 Å². The van der Waals surface area contributed by atoms with Crippen molar-refractivity contribution >= 4 is 50.6 Å². The maximum atomic E-state index is 7.56. The van der Waals surface area contributed by atoms with E-state index in [4.69, 9.17) is 15.1 Å². The molecule has 0 saturated heterocycles. The van der Waals surface area contributed by atoms with Crippen molar-refractivity contribution in [2.75, 3.05) is 0 Å². The molecule has 0 N–H and O–H groups in total. The van der Waals surface area contributed by atoms with Crippen LogP contribution < -0.4 is 21.2 Å². The molecular weight excluding hydrogens is 596 g/mol. The summed E-state index contributed by atoms with van der Waals surface area (Å²) in [4.78, 5) is 0. The molecule has 0 aromatic heterocycles. The number of hydrogen-bond donors (Lipinski definition) is 0. The number of benzene rings is 4. The summed E-state index contributed by atoms with van der Waals surface area (Å²) in [5.74, 6) is 2.61. The largest absolute Gasteiger partial charge is 2.00 e. The Kier molecular flexibility index (Phi) is 12.8. The molecule has 210 valence electrons. The van der Waals surface area contributed by atoms with Crippen molar-refractivity contribution in [3.8, 4) is 0 Å². The average molecular weight is 632 g/mol. The molecule has 2 aliphatic rings. The van der Waals surface area contributed by atoms with Gasteiger partial charge >= 0.3 is 17.1 Å². The molecule has 0 amide bonds. The van der Waals surface area contributed by atoms with Crippen LogP contribution in [-0.2, 0) is 17.1 Å². The van der Waals surface area contributed by atoms with E-state index in [1.54, 1.807) is 0 Å². The van der Waals surface area contributed by atoms with E-state index < -0.39 is 14.3 Å². The average Bonchev–Trinajstić information content (AvgIpc) is 3.81. The Bertz CT molecular complexity index is 1160. The Labute approximate surface area is 276 Å². The monoisotopic (exact) mass is 632 g/mol. The summed E-state index contributed by atoms with van der Waals surface area (Å²) >= 11 is 0. The van der Waals surface area contributed by atoms with Gasteiger partial charge in [-0.25, -0.2) is 0 Å². The summed E-state index contributed by atoms with van der Waals surface area (Å²) in [6, 6.07) is 42.6. The van der Waals surface area contributed by atoms with Gasteiger partial charge in [-0.05, 0) is 114 Å². The van der Waals surface area contributed by atoms with Crippen LogP contribution in [0.3, 0.4) is 0 Å². The van der Waals surface area contributed by atoms with Crippen molar-refractivity contribution in [3.63, 3.8) is 0 Å². The molecule has 2 aliphatic carbocycles. The van der Waals surface area contributed by atoms with Crippen LogP contribution in [0.15, 0.2) is 121 Å². The molecule has 2 fully saturated rings. The fraction of sp³-hybridized carbons (Fsp3) is 0.105. The van der Waals surface area contributed by atoms with Crippen LogP contribution in [0, 0.1) is 63.2 Å². The van der Waals surface area contributed by atoms with Gasteiger partial charge in [0.25, 0.3) is 0 Å². The van der Waals surface area contributed by atoms with E-state index in [0.717, 1.165) is 0 Å². The standard InChI is InChI=1S/C33H31B2P2.C5H5.Fe/c1-26(36(34,28-16-7-3-8-17-28)29-18-9-4-10-19-29)32-24-15-25-33(32)27(2)37(35,30-20-11-5-12-21-30)31-22-13-6-14-23-31;1-2-4-5-3-1;/h3-27H,1-2H3;1-5H;/q;;+2/t26-,27-;;/m0../s1. The third kappa shape index (κ3) is 7.45. The molecule has 0 unspecified atom stereocenters. The van der Waals surface area contributed by atoms with Gasteiger partial charge in [0, 0.05) is 44.4 Å². The minimum Gasteiger partial charge on any atom is -0.291 e. The van der Waals surface area contributed by atoms with Gasteiger partial charge < -0.3 is 0 Å². The molecule has 4 aromatic carbocycles. The summed E-state index contributed by atoms with van der Waals surface area (Å²) in [7, 11) is 10.6. The Hall–Kier alpha value is -1.61. The van der Waals surface area contributed by atoms with E-state index in [-0.39, 0.29) is 28.4 Å². The second kappa shape index (κ2) is 16.1. The van der Waals surface area contributed by atoms with E-state index in [2.05, 4.69) is 154 Å². The second-order valence-electron chi connectivity index (χ2n) is 10.6. The summed E-state index contributed by atoms with van der Waals surface area (Å²) in [6.45, 7) is 4.61. The topological polar surface area (TPSA) is 0 Å². The normalized spacial score (nSPS) is 17.4. The number of hydrogen-bond acceptors (Lipinski definition) is 0. The first kappa shape index (κ1) is 34.3. The van der Waals surface area contributed by atoms with Crippen LogP contribution in [0.5, 0.6) is 0 Å². The van der Waals surface area contributed by atoms with Gasteiger partial charge in [-0.15, -0.1) is 0 Å². The zero-order valence-corrected chi connectivity index (χ0v) is 27.6. The molecular formula is C38H36B2FeP2+2. The van der Waals surface area contributed by atoms with Crippen LogP contribution >= 0.6 is 14.3 Å². The first-order chi connectivity index (χ1) is 20.5.